The van der Waals surface area contributed by atoms with Gasteiger partial charge in [0.25, 0.3) is 0 Å². The van der Waals surface area contributed by atoms with Crippen LogP contribution in [0.5, 0.6) is 0 Å². The van der Waals surface area contributed by atoms with Crippen LogP contribution >= 0.6 is 15.9 Å². The maximum Gasteiger partial charge on any atom is 0.244 e. The first-order chi connectivity index (χ1) is 8.75. The Labute approximate surface area is 123 Å². The number of piperidine rings is 1. The number of hydrogen-bond donors (Lipinski definition) is 1. The Kier molecular flexibility index (Phi) is 4.07. The molecule has 1 aliphatic rings. The number of hydrogen-bond acceptors (Lipinski definition) is 3. The lowest BCUT2D eigenvalue weighted by atomic mass is 9.81. The van der Waals surface area contributed by atoms with Crippen molar-refractivity contribution >= 4 is 26.0 Å². The molecule has 0 saturated carbocycles. The van der Waals surface area contributed by atoms with Crippen LogP contribution in [0.4, 0.5) is 0 Å². The van der Waals surface area contributed by atoms with Gasteiger partial charge in [-0.15, -0.1) is 0 Å². The van der Waals surface area contributed by atoms with Gasteiger partial charge in [-0.1, -0.05) is 26.0 Å². The molecule has 6 heteroatoms. The Hall–Kier alpha value is -0.430. The van der Waals surface area contributed by atoms with Crippen molar-refractivity contribution in [1.82, 2.24) is 4.31 Å². The van der Waals surface area contributed by atoms with Crippen molar-refractivity contribution < 1.29 is 8.42 Å². The highest BCUT2D eigenvalue weighted by Gasteiger charge is 2.39. The molecule has 0 radical (unpaired) electrons. The summed E-state index contributed by atoms with van der Waals surface area (Å²) in [5.41, 5.74) is 5.85. The van der Waals surface area contributed by atoms with Gasteiger partial charge in [0.1, 0.15) is 0 Å². The van der Waals surface area contributed by atoms with E-state index >= 15 is 0 Å². The van der Waals surface area contributed by atoms with Gasteiger partial charge in [-0.2, -0.15) is 4.31 Å². The Balaban J connectivity index is 2.34. The number of nitrogens with two attached hydrogens (primary N) is 1. The third-order valence-corrected chi connectivity index (χ3v) is 6.59. The summed E-state index contributed by atoms with van der Waals surface area (Å²) in [6.07, 6.45) is 0.691. The number of nitrogens with zero attached hydrogens (tertiary/aromatic N) is 1. The predicted octanol–water partition coefficient (Wildman–Crippen LogP) is 2.20. The average Bonchev–Trinajstić information content (AvgIpc) is 2.32. The Morgan fingerprint density at radius 1 is 1.37 bits per heavy atom. The van der Waals surface area contributed by atoms with E-state index < -0.39 is 10.0 Å². The van der Waals surface area contributed by atoms with E-state index in [0.717, 1.165) is 0 Å². The standard InChI is InChI=1S/C13H19BrN2O2S/c1-13(2)9-16(8-7-12(13)15)19(17,18)11-6-4-3-5-10(11)14/h3-6,12H,7-9,15H2,1-2H3. The summed E-state index contributed by atoms with van der Waals surface area (Å²) in [5, 5.41) is 0. The van der Waals surface area contributed by atoms with Crippen molar-refractivity contribution in [2.24, 2.45) is 11.1 Å². The van der Waals surface area contributed by atoms with Gasteiger partial charge >= 0.3 is 0 Å². The zero-order valence-electron chi connectivity index (χ0n) is 11.1. The monoisotopic (exact) mass is 346 g/mol. The smallest absolute Gasteiger partial charge is 0.244 e. The zero-order valence-corrected chi connectivity index (χ0v) is 13.5. The summed E-state index contributed by atoms with van der Waals surface area (Å²) >= 11 is 3.31. The van der Waals surface area contributed by atoms with Crippen molar-refractivity contribution in [3.63, 3.8) is 0 Å². The molecule has 1 aliphatic heterocycles. The van der Waals surface area contributed by atoms with Crippen molar-refractivity contribution in [1.29, 1.82) is 0 Å². The normalized spacial score (nSPS) is 24.3. The summed E-state index contributed by atoms with van der Waals surface area (Å²) in [4.78, 5) is 0.321. The fraction of sp³-hybridized carbons (Fsp3) is 0.538. The fourth-order valence-electron chi connectivity index (χ4n) is 2.32. The summed E-state index contributed by atoms with van der Waals surface area (Å²) in [5.74, 6) is 0. The van der Waals surface area contributed by atoms with Gasteiger partial charge in [0.15, 0.2) is 0 Å². The molecule has 4 nitrogen and oxygen atoms in total. The number of benzene rings is 1. The topological polar surface area (TPSA) is 63.4 Å². The molecule has 0 spiro atoms. The molecule has 1 saturated heterocycles. The summed E-state index contributed by atoms with van der Waals surface area (Å²) in [6.45, 7) is 4.96. The van der Waals surface area contributed by atoms with Crippen molar-refractivity contribution in [2.45, 2.75) is 31.2 Å². The van der Waals surface area contributed by atoms with Crippen LogP contribution in [0.2, 0.25) is 0 Å². The van der Waals surface area contributed by atoms with Crippen LogP contribution in [0.15, 0.2) is 33.6 Å². The van der Waals surface area contributed by atoms with E-state index in [0.29, 0.717) is 28.9 Å². The van der Waals surface area contributed by atoms with Gasteiger partial charge in [-0.3, -0.25) is 0 Å². The highest BCUT2D eigenvalue weighted by Crippen LogP contribution is 2.33. The van der Waals surface area contributed by atoms with Crippen LogP contribution in [0.25, 0.3) is 0 Å². The molecule has 2 rings (SSSR count). The highest BCUT2D eigenvalue weighted by atomic mass is 79.9. The predicted molar refractivity (Wildman–Crippen MR) is 79.3 cm³/mol. The molecule has 0 aliphatic carbocycles. The van der Waals surface area contributed by atoms with Crippen LogP contribution < -0.4 is 5.73 Å². The molecule has 0 amide bonds. The Morgan fingerprint density at radius 2 is 2.00 bits per heavy atom. The van der Waals surface area contributed by atoms with Gasteiger partial charge in [-0.05, 0) is 39.9 Å². The molecule has 1 atom stereocenters. The van der Waals surface area contributed by atoms with E-state index in [2.05, 4.69) is 15.9 Å². The van der Waals surface area contributed by atoms with Gasteiger partial charge < -0.3 is 5.73 Å². The second-order valence-corrected chi connectivity index (χ2v) is 8.41. The fourth-order valence-corrected chi connectivity index (χ4v) is 4.91. The molecule has 19 heavy (non-hydrogen) atoms. The first-order valence-corrected chi connectivity index (χ1v) is 8.49. The van der Waals surface area contributed by atoms with Crippen molar-refractivity contribution in [2.75, 3.05) is 13.1 Å². The molecule has 1 heterocycles. The molecule has 1 aromatic rings. The van der Waals surface area contributed by atoms with Gasteiger partial charge in [0.05, 0.1) is 4.90 Å². The minimum Gasteiger partial charge on any atom is -0.327 e. The molecular formula is C13H19BrN2O2S. The Bertz CT molecular complexity index is 572. The van der Waals surface area contributed by atoms with Crippen molar-refractivity contribution in [3.8, 4) is 0 Å². The third kappa shape index (κ3) is 2.86. The molecular weight excluding hydrogens is 328 g/mol. The number of rotatable bonds is 2. The maximum absolute atomic E-state index is 12.7. The first kappa shape index (κ1) is 15.0. The average molecular weight is 347 g/mol. The Morgan fingerprint density at radius 3 is 2.58 bits per heavy atom. The highest BCUT2D eigenvalue weighted by molar-refractivity contribution is 9.10. The molecule has 2 N–H and O–H groups in total. The van der Waals surface area contributed by atoms with E-state index in [9.17, 15) is 8.42 Å². The zero-order chi connectivity index (χ0) is 14.3. The lowest BCUT2D eigenvalue weighted by Crippen LogP contribution is -2.53. The van der Waals surface area contributed by atoms with Crippen LogP contribution in [0, 0.1) is 5.41 Å². The molecule has 1 fully saturated rings. The number of halogens is 1. The second-order valence-electron chi connectivity index (χ2n) is 5.65. The quantitative estimate of drug-likeness (QED) is 0.892. The molecule has 0 bridgehead atoms. The first-order valence-electron chi connectivity index (χ1n) is 6.25. The summed E-state index contributed by atoms with van der Waals surface area (Å²) < 4.78 is 27.5. The third-order valence-electron chi connectivity index (χ3n) is 3.73. The van der Waals surface area contributed by atoms with E-state index in [1.54, 1.807) is 24.3 Å². The van der Waals surface area contributed by atoms with E-state index in [4.69, 9.17) is 5.73 Å². The van der Waals surface area contributed by atoms with Crippen LogP contribution in [0.1, 0.15) is 20.3 Å². The van der Waals surface area contributed by atoms with E-state index in [-0.39, 0.29) is 11.5 Å². The minimum absolute atomic E-state index is 0.0400. The van der Waals surface area contributed by atoms with Crippen LogP contribution in [-0.2, 0) is 10.0 Å². The molecule has 0 aromatic heterocycles. The largest absolute Gasteiger partial charge is 0.327 e. The maximum atomic E-state index is 12.7. The minimum atomic E-state index is -3.46. The SMILES string of the molecule is CC1(C)CN(S(=O)(=O)c2ccccc2Br)CCC1N. The number of sulfonamides is 1. The van der Waals surface area contributed by atoms with Crippen LogP contribution in [0.3, 0.4) is 0 Å². The molecule has 1 unspecified atom stereocenters. The van der Waals surface area contributed by atoms with Gasteiger partial charge in [0, 0.05) is 23.6 Å². The summed E-state index contributed by atoms with van der Waals surface area (Å²) in [7, 11) is -3.46. The van der Waals surface area contributed by atoms with E-state index in [1.165, 1.54) is 4.31 Å². The van der Waals surface area contributed by atoms with Crippen LogP contribution in [-0.4, -0.2) is 31.9 Å². The lowest BCUT2D eigenvalue weighted by Gasteiger charge is -2.41. The second kappa shape index (κ2) is 5.16. The van der Waals surface area contributed by atoms with Gasteiger partial charge in [0.2, 0.25) is 10.0 Å². The van der Waals surface area contributed by atoms with Gasteiger partial charge in [-0.25, -0.2) is 8.42 Å². The molecule has 106 valence electrons. The van der Waals surface area contributed by atoms with Crippen molar-refractivity contribution in [3.05, 3.63) is 28.7 Å². The van der Waals surface area contributed by atoms with E-state index in [1.807, 2.05) is 13.8 Å². The summed E-state index contributed by atoms with van der Waals surface area (Å²) in [6, 6.07) is 6.95. The molecule has 1 aromatic carbocycles. The lowest BCUT2D eigenvalue weighted by molar-refractivity contribution is 0.155.